The van der Waals surface area contributed by atoms with E-state index in [1.165, 1.54) is 18.2 Å². The number of nitrogens with zero attached hydrogens (tertiary/aromatic N) is 1. The number of amides is 1. The molecule has 0 saturated carbocycles. The Labute approximate surface area is 137 Å². The van der Waals surface area contributed by atoms with Gasteiger partial charge in [0.05, 0.1) is 4.90 Å². The minimum atomic E-state index is -3.57. The average Bonchev–Trinajstić information content (AvgIpc) is 2.93. The summed E-state index contributed by atoms with van der Waals surface area (Å²) in [5.74, 6) is 0.244. The lowest BCUT2D eigenvalue weighted by molar-refractivity contribution is 0.0743. The van der Waals surface area contributed by atoms with Gasteiger partial charge < -0.3 is 10.6 Å². The molecule has 0 aromatic heterocycles. The lowest BCUT2D eigenvalue weighted by Gasteiger charge is -2.21. The van der Waals surface area contributed by atoms with E-state index in [1.54, 1.807) is 17.0 Å². The number of nitrogens with two attached hydrogens (primary N) is 1. The van der Waals surface area contributed by atoms with Gasteiger partial charge in [-0.15, -0.1) is 6.58 Å². The summed E-state index contributed by atoms with van der Waals surface area (Å²) in [7, 11) is -3.57. The van der Waals surface area contributed by atoms with Crippen LogP contribution in [0.4, 0.5) is 0 Å². The molecular weight excluding hydrogens is 314 g/mol. The van der Waals surface area contributed by atoms with Crippen LogP contribution < -0.4 is 10.5 Å². The number of rotatable bonds is 6. The largest absolute Gasteiger partial charge is 0.336 e. The zero-order valence-electron chi connectivity index (χ0n) is 13.2. The fourth-order valence-corrected chi connectivity index (χ4v) is 3.79. The Morgan fingerprint density at radius 1 is 1.43 bits per heavy atom. The summed E-state index contributed by atoms with van der Waals surface area (Å²) in [6, 6.07) is 6.13. The van der Waals surface area contributed by atoms with Crippen LogP contribution in [0.5, 0.6) is 0 Å². The molecule has 1 aromatic rings. The smallest absolute Gasteiger partial charge is 0.254 e. The first-order valence-electron chi connectivity index (χ1n) is 7.60. The van der Waals surface area contributed by atoms with Crippen molar-refractivity contribution in [2.45, 2.75) is 24.3 Å². The fraction of sp³-hybridized carbons (Fsp3) is 0.438. The van der Waals surface area contributed by atoms with Crippen molar-refractivity contribution in [3.05, 3.63) is 42.5 Å². The van der Waals surface area contributed by atoms with E-state index < -0.39 is 10.0 Å². The number of sulfonamides is 1. The van der Waals surface area contributed by atoms with Crippen molar-refractivity contribution in [3.8, 4) is 0 Å². The third kappa shape index (κ3) is 3.99. The molecule has 2 rings (SSSR count). The van der Waals surface area contributed by atoms with Crippen LogP contribution in [0.1, 0.15) is 23.7 Å². The van der Waals surface area contributed by atoms with Crippen molar-refractivity contribution in [2.75, 3.05) is 19.6 Å². The first-order valence-corrected chi connectivity index (χ1v) is 9.09. The molecule has 126 valence electrons. The van der Waals surface area contributed by atoms with Gasteiger partial charge in [-0.1, -0.05) is 6.08 Å². The van der Waals surface area contributed by atoms with E-state index in [9.17, 15) is 13.2 Å². The Morgan fingerprint density at radius 3 is 2.61 bits per heavy atom. The fourth-order valence-electron chi connectivity index (χ4n) is 2.79. The van der Waals surface area contributed by atoms with Crippen LogP contribution in [-0.2, 0) is 10.0 Å². The second kappa shape index (κ2) is 7.25. The lowest BCUT2D eigenvalue weighted by atomic mass is 10.1. The van der Waals surface area contributed by atoms with Gasteiger partial charge in [0.2, 0.25) is 10.0 Å². The number of carbonyl (C=O) groups excluding carboxylic acids is 1. The lowest BCUT2D eigenvalue weighted by Crippen LogP contribution is -2.34. The van der Waals surface area contributed by atoms with E-state index in [0.29, 0.717) is 24.6 Å². The Kier molecular flexibility index (Phi) is 5.56. The molecule has 23 heavy (non-hydrogen) atoms. The standard InChI is InChI=1S/C16H23N3O3S/c1-3-8-18-23(21,22)15-6-4-14(5-7-15)16(20)19-11-13(10-17)9-12(19)2/h3-7,12-13,18H,1,8-11,17H2,2H3. The second-order valence-corrected chi connectivity index (χ2v) is 7.58. The molecule has 6 nitrogen and oxygen atoms in total. The summed E-state index contributed by atoms with van der Waals surface area (Å²) in [5, 5.41) is 0. The molecule has 7 heteroatoms. The van der Waals surface area contributed by atoms with Crippen LogP contribution in [0, 0.1) is 5.92 Å². The highest BCUT2D eigenvalue weighted by Crippen LogP contribution is 2.24. The Balaban J connectivity index is 2.13. The minimum absolute atomic E-state index is 0.0866. The Hall–Kier alpha value is -1.70. The number of nitrogens with one attached hydrogen (secondary N) is 1. The number of benzene rings is 1. The molecule has 1 saturated heterocycles. The van der Waals surface area contributed by atoms with E-state index in [-0.39, 0.29) is 23.4 Å². The van der Waals surface area contributed by atoms with Gasteiger partial charge >= 0.3 is 0 Å². The zero-order valence-corrected chi connectivity index (χ0v) is 14.1. The molecule has 0 radical (unpaired) electrons. The van der Waals surface area contributed by atoms with Crippen molar-refractivity contribution in [1.82, 2.24) is 9.62 Å². The van der Waals surface area contributed by atoms with Crippen LogP contribution in [0.15, 0.2) is 41.8 Å². The molecule has 0 aliphatic carbocycles. The van der Waals surface area contributed by atoms with Gasteiger partial charge in [-0.25, -0.2) is 13.1 Å². The van der Waals surface area contributed by atoms with E-state index in [2.05, 4.69) is 11.3 Å². The van der Waals surface area contributed by atoms with Crippen molar-refractivity contribution < 1.29 is 13.2 Å². The average molecular weight is 337 g/mol. The molecule has 1 fully saturated rings. The molecule has 0 bridgehead atoms. The van der Waals surface area contributed by atoms with Gasteiger partial charge in [0.25, 0.3) is 5.91 Å². The molecule has 1 amide bonds. The summed E-state index contributed by atoms with van der Waals surface area (Å²) in [6.45, 7) is 6.86. The maximum absolute atomic E-state index is 12.6. The molecular formula is C16H23N3O3S. The topological polar surface area (TPSA) is 92.5 Å². The molecule has 2 atom stereocenters. The number of carbonyl (C=O) groups is 1. The Morgan fingerprint density at radius 2 is 2.09 bits per heavy atom. The summed E-state index contributed by atoms with van der Waals surface area (Å²) in [4.78, 5) is 14.5. The Bertz CT molecular complexity index is 670. The predicted molar refractivity (Wildman–Crippen MR) is 89.5 cm³/mol. The van der Waals surface area contributed by atoms with E-state index in [4.69, 9.17) is 5.73 Å². The summed E-state index contributed by atoms with van der Waals surface area (Å²) in [5.41, 5.74) is 6.17. The van der Waals surface area contributed by atoms with E-state index >= 15 is 0 Å². The highest BCUT2D eigenvalue weighted by atomic mass is 32.2. The van der Waals surface area contributed by atoms with Gasteiger partial charge in [-0.05, 0) is 50.1 Å². The van der Waals surface area contributed by atoms with Crippen molar-refractivity contribution in [3.63, 3.8) is 0 Å². The minimum Gasteiger partial charge on any atom is -0.336 e. The predicted octanol–water partition coefficient (Wildman–Crippen LogP) is 0.960. The van der Waals surface area contributed by atoms with Crippen LogP contribution in [0.3, 0.4) is 0 Å². The third-order valence-electron chi connectivity index (χ3n) is 4.08. The summed E-state index contributed by atoms with van der Waals surface area (Å²) >= 11 is 0. The molecule has 3 N–H and O–H groups in total. The molecule has 1 heterocycles. The van der Waals surface area contributed by atoms with Crippen LogP contribution in [0.2, 0.25) is 0 Å². The van der Waals surface area contributed by atoms with Gasteiger partial charge in [0.1, 0.15) is 0 Å². The zero-order chi connectivity index (χ0) is 17.0. The van der Waals surface area contributed by atoms with E-state index in [1.807, 2.05) is 6.92 Å². The molecule has 1 aliphatic rings. The highest BCUT2D eigenvalue weighted by Gasteiger charge is 2.32. The molecule has 0 spiro atoms. The van der Waals surface area contributed by atoms with Gasteiger partial charge in [0.15, 0.2) is 0 Å². The molecule has 1 aromatic carbocycles. The van der Waals surface area contributed by atoms with Crippen molar-refractivity contribution in [1.29, 1.82) is 0 Å². The van der Waals surface area contributed by atoms with Crippen LogP contribution in [0.25, 0.3) is 0 Å². The highest BCUT2D eigenvalue weighted by molar-refractivity contribution is 7.89. The summed E-state index contributed by atoms with van der Waals surface area (Å²) in [6.07, 6.45) is 2.37. The quantitative estimate of drug-likeness (QED) is 0.756. The summed E-state index contributed by atoms with van der Waals surface area (Å²) < 4.78 is 26.4. The SMILES string of the molecule is C=CCNS(=O)(=O)c1ccc(C(=O)N2CC(CN)CC2C)cc1. The third-order valence-corrected chi connectivity index (χ3v) is 5.52. The van der Waals surface area contributed by atoms with Crippen molar-refractivity contribution in [2.24, 2.45) is 11.7 Å². The molecule has 2 unspecified atom stereocenters. The van der Waals surface area contributed by atoms with Crippen molar-refractivity contribution >= 4 is 15.9 Å². The van der Waals surface area contributed by atoms with Gasteiger partial charge in [0, 0.05) is 24.7 Å². The normalized spacial score (nSPS) is 21.4. The maximum Gasteiger partial charge on any atom is 0.254 e. The van der Waals surface area contributed by atoms with Crippen LogP contribution >= 0.6 is 0 Å². The van der Waals surface area contributed by atoms with Crippen LogP contribution in [-0.4, -0.2) is 44.9 Å². The number of hydrogen-bond acceptors (Lipinski definition) is 4. The second-order valence-electron chi connectivity index (χ2n) is 5.81. The molecule has 1 aliphatic heterocycles. The first-order chi connectivity index (χ1) is 10.9. The monoisotopic (exact) mass is 337 g/mol. The first kappa shape index (κ1) is 17.7. The van der Waals surface area contributed by atoms with Gasteiger partial charge in [-0.2, -0.15) is 0 Å². The number of hydrogen-bond donors (Lipinski definition) is 2. The van der Waals surface area contributed by atoms with Gasteiger partial charge in [-0.3, -0.25) is 4.79 Å². The maximum atomic E-state index is 12.6. The number of likely N-dealkylation sites (tertiary alicyclic amines) is 1. The van der Waals surface area contributed by atoms with E-state index in [0.717, 1.165) is 6.42 Å².